The SMILES string of the molecule is COCCCCCOc1ccc2cc(Br)ccc2c1CO. The molecule has 0 unspecified atom stereocenters. The fourth-order valence-electron chi connectivity index (χ4n) is 2.35. The van der Waals surface area contributed by atoms with E-state index in [9.17, 15) is 5.11 Å². The van der Waals surface area contributed by atoms with Crippen molar-refractivity contribution in [3.8, 4) is 5.75 Å². The standard InChI is InChI=1S/C17H21BrO3/c1-20-9-3-2-4-10-21-17-8-5-13-11-14(18)6-7-15(13)16(17)12-19/h5-8,11,19H,2-4,9-10,12H2,1H3. The van der Waals surface area contributed by atoms with Gasteiger partial charge in [0.2, 0.25) is 0 Å². The van der Waals surface area contributed by atoms with Crippen LogP contribution in [0.4, 0.5) is 0 Å². The molecule has 0 saturated heterocycles. The average molecular weight is 353 g/mol. The quantitative estimate of drug-likeness (QED) is 0.720. The van der Waals surface area contributed by atoms with Crippen LogP contribution in [0.1, 0.15) is 24.8 Å². The highest BCUT2D eigenvalue weighted by atomic mass is 79.9. The van der Waals surface area contributed by atoms with E-state index in [0.29, 0.717) is 6.61 Å². The average Bonchev–Trinajstić information content (AvgIpc) is 2.50. The number of ether oxygens (including phenoxy) is 2. The van der Waals surface area contributed by atoms with Crippen LogP contribution in [-0.4, -0.2) is 25.4 Å². The molecule has 1 N–H and O–H groups in total. The summed E-state index contributed by atoms with van der Waals surface area (Å²) in [6.07, 6.45) is 3.13. The van der Waals surface area contributed by atoms with Gasteiger partial charge in [0, 0.05) is 23.8 Å². The number of unbranched alkanes of at least 4 members (excludes halogenated alkanes) is 2. The van der Waals surface area contributed by atoms with E-state index in [1.54, 1.807) is 7.11 Å². The summed E-state index contributed by atoms with van der Waals surface area (Å²) < 4.78 is 11.9. The Kier molecular flexibility index (Phi) is 6.49. The van der Waals surface area contributed by atoms with Crippen LogP contribution >= 0.6 is 15.9 Å². The molecule has 0 amide bonds. The Morgan fingerprint density at radius 3 is 2.62 bits per heavy atom. The van der Waals surface area contributed by atoms with E-state index < -0.39 is 0 Å². The van der Waals surface area contributed by atoms with E-state index in [4.69, 9.17) is 9.47 Å². The smallest absolute Gasteiger partial charge is 0.125 e. The third kappa shape index (κ3) is 4.43. The highest BCUT2D eigenvalue weighted by Crippen LogP contribution is 2.30. The summed E-state index contributed by atoms with van der Waals surface area (Å²) in [6, 6.07) is 10.0. The largest absolute Gasteiger partial charge is 0.493 e. The Morgan fingerprint density at radius 1 is 1.05 bits per heavy atom. The molecule has 0 fully saturated rings. The molecule has 0 bridgehead atoms. The van der Waals surface area contributed by atoms with Crippen LogP contribution in [0.3, 0.4) is 0 Å². The van der Waals surface area contributed by atoms with E-state index >= 15 is 0 Å². The monoisotopic (exact) mass is 352 g/mol. The van der Waals surface area contributed by atoms with E-state index in [1.807, 2.05) is 30.3 Å². The normalized spacial score (nSPS) is 11.0. The summed E-state index contributed by atoms with van der Waals surface area (Å²) in [4.78, 5) is 0. The second-order valence-electron chi connectivity index (χ2n) is 4.97. The summed E-state index contributed by atoms with van der Waals surface area (Å²) in [5.41, 5.74) is 0.858. The fraction of sp³-hybridized carbons (Fsp3) is 0.412. The fourth-order valence-corrected chi connectivity index (χ4v) is 2.73. The molecule has 114 valence electrons. The molecule has 2 aromatic carbocycles. The highest BCUT2D eigenvalue weighted by Gasteiger charge is 2.08. The third-order valence-electron chi connectivity index (χ3n) is 3.46. The number of fused-ring (bicyclic) bond motifs is 1. The number of halogens is 1. The predicted octanol–water partition coefficient (Wildman–Crippen LogP) is 4.29. The van der Waals surface area contributed by atoms with Crippen molar-refractivity contribution in [1.29, 1.82) is 0 Å². The molecular formula is C17H21BrO3. The zero-order valence-electron chi connectivity index (χ0n) is 12.3. The lowest BCUT2D eigenvalue weighted by Gasteiger charge is -2.13. The molecule has 2 aromatic rings. The van der Waals surface area contributed by atoms with Crippen LogP contribution in [0.2, 0.25) is 0 Å². The molecule has 3 nitrogen and oxygen atoms in total. The molecule has 0 spiro atoms. The van der Waals surface area contributed by atoms with Crippen molar-refractivity contribution in [3.63, 3.8) is 0 Å². The number of hydrogen-bond acceptors (Lipinski definition) is 3. The number of methoxy groups -OCH3 is 1. The first-order valence-electron chi connectivity index (χ1n) is 7.20. The minimum absolute atomic E-state index is 0.0159. The van der Waals surface area contributed by atoms with E-state index in [0.717, 1.165) is 52.4 Å². The molecule has 0 radical (unpaired) electrons. The van der Waals surface area contributed by atoms with Crippen molar-refractivity contribution in [3.05, 3.63) is 40.4 Å². The summed E-state index contributed by atoms with van der Waals surface area (Å²) in [6.45, 7) is 1.45. The lowest BCUT2D eigenvalue weighted by Crippen LogP contribution is -2.01. The van der Waals surface area contributed by atoms with Gasteiger partial charge in [-0.25, -0.2) is 0 Å². The lowest BCUT2D eigenvalue weighted by molar-refractivity contribution is 0.189. The van der Waals surface area contributed by atoms with Crippen molar-refractivity contribution in [1.82, 2.24) is 0 Å². The molecular weight excluding hydrogens is 332 g/mol. The van der Waals surface area contributed by atoms with Gasteiger partial charge in [0.1, 0.15) is 5.75 Å². The van der Waals surface area contributed by atoms with Gasteiger partial charge < -0.3 is 14.6 Å². The van der Waals surface area contributed by atoms with Crippen LogP contribution in [0, 0.1) is 0 Å². The van der Waals surface area contributed by atoms with Gasteiger partial charge in [0.25, 0.3) is 0 Å². The Labute approximate surface area is 134 Å². The molecule has 0 aliphatic carbocycles. The summed E-state index contributed by atoms with van der Waals surface area (Å²) in [7, 11) is 1.72. The van der Waals surface area contributed by atoms with Crippen molar-refractivity contribution < 1.29 is 14.6 Å². The van der Waals surface area contributed by atoms with Crippen molar-refractivity contribution in [2.45, 2.75) is 25.9 Å². The minimum Gasteiger partial charge on any atom is -0.493 e. The van der Waals surface area contributed by atoms with Gasteiger partial charge in [0.05, 0.1) is 13.2 Å². The van der Waals surface area contributed by atoms with Gasteiger partial charge in [-0.1, -0.05) is 28.1 Å². The zero-order valence-corrected chi connectivity index (χ0v) is 13.9. The Balaban J connectivity index is 2.04. The number of hydrogen-bond donors (Lipinski definition) is 1. The van der Waals surface area contributed by atoms with Gasteiger partial charge in [-0.3, -0.25) is 0 Å². The maximum Gasteiger partial charge on any atom is 0.125 e. The molecule has 0 heterocycles. The van der Waals surface area contributed by atoms with Gasteiger partial charge >= 0.3 is 0 Å². The van der Waals surface area contributed by atoms with Crippen LogP contribution in [0.15, 0.2) is 34.8 Å². The molecule has 0 aromatic heterocycles. The molecule has 0 atom stereocenters. The Hall–Kier alpha value is -1.10. The van der Waals surface area contributed by atoms with Crippen LogP contribution < -0.4 is 4.74 Å². The topological polar surface area (TPSA) is 38.7 Å². The zero-order chi connectivity index (χ0) is 15.1. The van der Waals surface area contributed by atoms with Crippen LogP contribution in [0.5, 0.6) is 5.75 Å². The second kappa shape index (κ2) is 8.37. The number of rotatable bonds is 8. The molecule has 0 aliphatic heterocycles. The van der Waals surface area contributed by atoms with Crippen molar-refractivity contribution in [2.75, 3.05) is 20.3 Å². The first kappa shape index (κ1) is 16.3. The first-order valence-corrected chi connectivity index (χ1v) is 7.99. The highest BCUT2D eigenvalue weighted by molar-refractivity contribution is 9.10. The Bertz CT molecular complexity index is 584. The van der Waals surface area contributed by atoms with Crippen molar-refractivity contribution >= 4 is 26.7 Å². The van der Waals surface area contributed by atoms with Gasteiger partial charge in [-0.15, -0.1) is 0 Å². The molecule has 2 rings (SSSR count). The summed E-state index contributed by atoms with van der Waals surface area (Å²) in [5.74, 6) is 0.777. The van der Waals surface area contributed by atoms with Crippen molar-refractivity contribution in [2.24, 2.45) is 0 Å². The number of benzene rings is 2. The first-order chi connectivity index (χ1) is 10.3. The number of aliphatic hydroxyl groups excluding tert-OH is 1. The second-order valence-corrected chi connectivity index (χ2v) is 5.88. The Morgan fingerprint density at radius 2 is 1.86 bits per heavy atom. The third-order valence-corrected chi connectivity index (χ3v) is 3.95. The molecule has 0 saturated carbocycles. The van der Waals surface area contributed by atoms with E-state index in [2.05, 4.69) is 15.9 Å². The molecule has 0 aliphatic rings. The van der Waals surface area contributed by atoms with Crippen LogP contribution in [0.25, 0.3) is 10.8 Å². The lowest BCUT2D eigenvalue weighted by atomic mass is 10.0. The van der Waals surface area contributed by atoms with Crippen LogP contribution in [-0.2, 0) is 11.3 Å². The molecule has 4 heteroatoms. The van der Waals surface area contributed by atoms with Gasteiger partial charge in [-0.2, -0.15) is 0 Å². The minimum atomic E-state index is -0.0159. The molecule has 21 heavy (non-hydrogen) atoms. The maximum absolute atomic E-state index is 9.65. The van der Waals surface area contributed by atoms with E-state index in [1.165, 1.54) is 0 Å². The number of aliphatic hydroxyl groups is 1. The van der Waals surface area contributed by atoms with E-state index in [-0.39, 0.29) is 6.61 Å². The van der Waals surface area contributed by atoms with Gasteiger partial charge in [0.15, 0.2) is 0 Å². The maximum atomic E-state index is 9.65. The summed E-state index contributed by atoms with van der Waals surface area (Å²) in [5, 5.41) is 11.8. The van der Waals surface area contributed by atoms with Gasteiger partial charge in [-0.05, 0) is 48.2 Å². The predicted molar refractivity (Wildman–Crippen MR) is 88.8 cm³/mol. The summed E-state index contributed by atoms with van der Waals surface area (Å²) >= 11 is 3.47.